The molecule has 1 aliphatic heterocycles. The summed E-state index contributed by atoms with van der Waals surface area (Å²) in [6, 6.07) is 0. The van der Waals surface area contributed by atoms with E-state index >= 15 is 0 Å². The Labute approximate surface area is 99.4 Å². The Balaban J connectivity index is 2.50. The average molecular weight is 226 g/mol. The molecule has 0 aromatic carbocycles. The van der Waals surface area contributed by atoms with E-state index < -0.39 is 0 Å². The minimum Gasteiger partial charge on any atom is -0.427 e. The molecule has 0 aromatic rings. The lowest BCUT2D eigenvalue weighted by atomic mass is 9.80. The third-order valence-electron chi connectivity index (χ3n) is 3.64. The molecule has 1 heterocycles. The van der Waals surface area contributed by atoms with Gasteiger partial charge in [-0.1, -0.05) is 11.5 Å². The van der Waals surface area contributed by atoms with Crippen LogP contribution in [0.3, 0.4) is 0 Å². The maximum atomic E-state index is 5.98. The second kappa shape index (κ2) is 5.34. The van der Waals surface area contributed by atoms with E-state index in [1.165, 1.54) is 5.47 Å². The Bertz CT molecular complexity index is 259. The molecule has 1 rings (SSSR count). The predicted molar refractivity (Wildman–Crippen MR) is 66.9 cm³/mol. The summed E-state index contributed by atoms with van der Waals surface area (Å²) in [4.78, 5) is 0. The van der Waals surface area contributed by atoms with Gasteiger partial charge >= 0.3 is 7.48 Å². The summed E-state index contributed by atoms with van der Waals surface area (Å²) in [5.41, 5.74) is 0.728. The van der Waals surface area contributed by atoms with Crippen molar-refractivity contribution in [2.75, 3.05) is 20.3 Å². The number of rotatable bonds is 5. The number of ether oxygens (including phenoxy) is 2. The van der Waals surface area contributed by atoms with Crippen molar-refractivity contribution in [3.05, 3.63) is 11.5 Å². The molecule has 0 unspecified atom stereocenters. The van der Waals surface area contributed by atoms with Gasteiger partial charge in [0, 0.05) is 7.11 Å². The summed E-state index contributed by atoms with van der Waals surface area (Å²) in [6.45, 7) is 9.75. The molecule has 92 valence electrons. The molecule has 0 saturated carbocycles. The molecule has 0 atom stereocenters. The first-order valence-corrected chi connectivity index (χ1v) is 5.84. The molecule has 0 fully saturated rings. The van der Waals surface area contributed by atoms with Gasteiger partial charge in [0.1, 0.15) is 0 Å². The zero-order valence-corrected chi connectivity index (χ0v) is 11.1. The van der Waals surface area contributed by atoms with Crippen molar-refractivity contribution in [2.24, 2.45) is 0 Å². The highest BCUT2D eigenvalue weighted by Crippen LogP contribution is 2.28. The van der Waals surface area contributed by atoms with E-state index in [4.69, 9.17) is 14.1 Å². The largest absolute Gasteiger partial charge is 0.427 e. The van der Waals surface area contributed by atoms with Crippen LogP contribution in [0.4, 0.5) is 0 Å². The number of hydrogen-bond donors (Lipinski definition) is 0. The van der Waals surface area contributed by atoms with Gasteiger partial charge in [-0.3, -0.25) is 0 Å². The lowest BCUT2D eigenvalue weighted by molar-refractivity contribution is -0.114. The third-order valence-corrected chi connectivity index (χ3v) is 3.64. The first-order chi connectivity index (χ1) is 7.39. The molecule has 0 aromatic heterocycles. The molecule has 3 nitrogen and oxygen atoms in total. The summed E-state index contributed by atoms with van der Waals surface area (Å²) < 4.78 is 16.7. The summed E-state index contributed by atoms with van der Waals surface area (Å²) in [6.07, 6.45) is 3.09. The Morgan fingerprint density at radius 3 is 2.44 bits per heavy atom. The van der Waals surface area contributed by atoms with Gasteiger partial charge in [0.2, 0.25) is 0 Å². The van der Waals surface area contributed by atoms with E-state index in [1.807, 2.05) is 13.8 Å². The van der Waals surface area contributed by atoms with E-state index in [0.29, 0.717) is 14.1 Å². The fourth-order valence-corrected chi connectivity index (χ4v) is 1.39. The normalized spacial score (nSPS) is 18.2. The van der Waals surface area contributed by atoms with Crippen LogP contribution in [0.5, 0.6) is 0 Å². The molecule has 0 spiro atoms. The molecular weight excluding hydrogens is 203 g/mol. The highest BCUT2D eigenvalue weighted by atomic mass is 16.5. The van der Waals surface area contributed by atoms with Crippen LogP contribution in [0, 0.1) is 0 Å². The summed E-state index contributed by atoms with van der Waals surface area (Å²) in [5.74, 6) is 0. The number of hydrogen-bond acceptors (Lipinski definition) is 3. The third kappa shape index (κ3) is 3.34. The molecule has 0 amide bonds. The smallest absolute Gasteiger partial charge is 0.305 e. The second-order valence-corrected chi connectivity index (χ2v) is 5.20. The maximum Gasteiger partial charge on any atom is 0.305 e. The predicted octanol–water partition coefficient (Wildman–Crippen LogP) is 1.86. The lowest BCUT2D eigenvalue weighted by Gasteiger charge is -2.41. The van der Waals surface area contributed by atoms with Crippen LogP contribution in [0.1, 0.15) is 34.1 Å². The highest BCUT2D eigenvalue weighted by Gasteiger charge is 2.37. The van der Waals surface area contributed by atoms with E-state index in [0.717, 1.165) is 13.0 Å². The molecule has 16 heavy (non-hydrogen) atoms. The maximum absolute atomic E-state index is 5.98. The SMILES string of the molecule is COC(C)(C)C(C)(C)OBC1=CCOCC1. The topological polar surface area (TPSA) is 27.7 Å². The van der Waals surface area contributed by atoms with Crippen molar-refractivity contribution >= 4 is 7.48 Å². The van der Waals surface area contributed by atoms with E-state index in [2.05, 4.69) is 19.9 Å². The Kier molecular flexibility index (Phi) is 4.59. The van der Waals surface area contributed by atoms with Crippen molar-refractivity contribution in [3.8, 4) is 0 Å². The molecule has 0 aliphatic carbocycles. The minimum atomic E-state index is -0.305. The van der Waals surface area contributed by atoms with Crippen LogP contribution < -0.4 is 0 Å². The average Bonchev–Trinajstić information content (AvgIpc) is 2.27. The van der Waals surface area contributed by atoms with Crippen LogP contribution in [-0.2, 0) is 14.1 Å². The molecule has 4 heteroatoms. The van der Waals surface area contributed by atoms with Crippen LogP contribution in [0.25, 0.3) is 0 Å². The van der Waals surface area contributed by atoms with Gasteiger partial charge in [-0.25, -0.2) is 0 Å². The quantitative estimate of drug-likeness (QED) is 0.669. The monoisotopic (exact) mass is 226 g/mol. The Hall–Kier alpha value is -0.315. The summed E-state index contributed by atoms with van der Waals surface area (Å²) >= 11 is 0. The molecule has 0 bridgehead atoms. The molecule has 0 saturated heterocycles. The van der Waals surface area contributed by atoms with E-state index in [9.17, 15) is 0 Å². The molecule has 0 radical (unpaired) electrons. The molecule has 1 aliphatic rings. The van der Waals surface area contributed by atoms with Crippen LogP contribution >= 0.6 is 0 Å². The zero-order chi connectivity index (χ0) is 12.2. The second-order valence-electron chi connectivity index (χ2n) is 5.20. The van der Waals surface area contributed by atoms with Crippen molar-refractivity contribution < 1.29 is 14.1 Å². The molecule has 0 N–H and O–H groups in total. The zero-order valence-electron chi connectivity index (χ0n) is 11.1. The van der Waals surface area contributed by atoms with E-state index in [-0.39, 0.29) is 11.2 Å². The minimum absolute atomic E-state index is 0.293. The van der Waals surface area contributed by atoms with Crippen LogP contribution in [0.15, 0.2) is 11.5 Å². The lowest BCUT2D eigenvalue weighted by Crippen LogP contribution is -2.49. The van der Waals surface area contributed by atoms with Crippen molar-refractivity contribution in [1.29, 1.82) is 0 Å². The van der Waals surface area contributed by atoms with Gasteiger partial charge in [-0.05, 0) is 34.1 Å². The van der Waals surface area contributed by atoms with Gasteiger partial charge in [0.25, 0.3) is 0 Å². The first-order valence-electron chi connectivity index (χ1n) is 5.84. The van der Waals surface area contributed by atoms with Crippen molar-refractivity contribution in [3.63, 3.8) is 0 Å². The Morgan fingerprint density at radius 1 is 1.25 bits per heavy atom. The van der Waals surface area contributed by atoms with Crippen LogP contribution in [0.2, 0.25) is 0 Å². The molecular formula is C12H23BO3. The fraction of sp³-hybridized carbons (Fsp3) is 0.833. The van der Waals surface area contributed by atoms with Gasteiger partial charge in [-0.2, -0.15) is 0 Å². The van der Waals surface area contributed by atoms with Gasteiger partial charge < -0.3 is 14.1 Å². The van der Waals surface area contributed by atoms with Crippen molar-refractivity contribution in [2.45, 2.75) is 45.3 Å². The van der Waals surface area contributed by atoms with Gasteiger partial charge in [0.05, 0.1) is 24.4 Å². The fourth-order valence-electron chi connectivity index (χ4n) is 1.39. The van der Waals surface area contributed by atoms with Gasteiger partial charge in [0.15, 0.2) is 0 Å². The van der Waals surface area contributed by atoms with Crippen LogP contribution in [-0.4, -0.2) is 39.0 Å². The van der Waals surface area contributed by atoms with Crippen molar-refractivity contribution in [1.82, 2.24) is 0 Å². The first kappa shape index (κ1) is 13.7. The highest BCUT2D eigenvalue weighted by molar-refractivity contribution is 6.38. The van der Waals surface area contributed by atoms with Gasteiger partial charge in [-0.15, -0.1) is 0 Å². The summed E-state index contributed by atoms with van der Waals surface area (Å²) in [7, 11) is 2.39. The number of methoxy groups -OCH3 is 1. The summed E-state index contributed by atoms with van der Waals surface area (Å²) in [5, 5.41) is 0. The Morgan fingerprint density at radius 2 is 1.94 bits per heavy atom. The van der Waals surface area contributed by atoms with E-state index in [1.54, 1.807) is 7.11 Å². The standard InChI is InChI=1S/C12H23BO3/c1-11(2,14-5)12(3,4)16-13-10-6-8-15-9-7-10/h6,13H,7-9H2,1-5H3.